The zero-order chi connectivity index (χ0) is 14.8. The molecule has 1 N–H and O–H groups in total. The molecule has 2 heterocycles. The molecule has 21 heavy (non-hydrogen) atoms. The third kappa shape index (κ3) is 2.83. The maximum Gasteiger partial charge on any atom is 0.180 e. The largest absolute Gasteiger partial charge is 0.369 e. The summed E-state index contributed by atoms with van der Waals surface area (Å²) in [5.41, 5.74) is 2.72. The van der Waals surface area contributed by atoms with Gasteiger partial charge >= 0.3 is 0 Å². The second-order valence-corrected chi connectivity index (χ2v) is 5.79. The van der Waals surface area contributed by atoms with E-state index in [9.17, 15) is 0 Å². The molecule has 106 valence electrons. The number of para-hydroxylation sites is 1. The van der Waals surface area contributed by atoms with Gasteiger partial charge in [0.1, 0.15) is 11.5 Å². The molecule has 0 aliphatic heterocycles. The van der Waals surface area contributed by atoms with Crippen molar-refractivity contribution in [2.24, 2.45) is 0 Å². The van der Waals surface area contributed by atoms with E-state index in [2.05, 4.69) is 61.9 Å². The minimum absolute atomic E-state index is 0.662. The van der Waals surface area contributed by atoms with Crippen LogP contribution in [0.1, 0.15) is 12.6 Å². The van der Waals surface area contributed by atoms with Crippen LogP contribution in [0.4, 0.5) is 5.82 Å². The van der Waals surface area contributed by atoms with Crippen molar-refractivity contribution in [3.8, 4) is 11.5 Å². The molecule has 0 amide bonds. The minimum atomic E-state index is 0.662. The summed E-state index contributed by atoms with van der Waals surface area (Å²) < 4.78 is 1.05. The first-order chi connectivity index (χ1) is 10.2. The van der Waals surface area contributed by atoms with Crippen molar-refractivity contribution in [3.05, 3.63) is 45.7 Å². The third-order valence-corrected chi connectivity index (χ3v) is 4.48. The van der Waals surface area contributed by atoms with Crippen LogP contribution in [0.5, 0.6) is 0 Å². The van der Waals surface area contributed by atoms with E-state index < -0.39 is 0 Å². The predicted octanol–water partition coefficient (Wildman–Crippen LogP) is 4.04. The van der Waals surface area contributed by atoms with Crippen molar-refractivity contribution in [3.63, 3.8) is 0 Å². The number of anilines is 1. The van der Waals surface area contributed by atoms with Crippen molar-refractivity contribution in [2.75, 3.05) is 11.9 Å². The van der Waals surface area contributed by atoms with Gasteiger partial charge < -0.3 is 5.32 Å². The van der Waals surface area contributed by atoms with Crippen LogP contribution < -0.4 is 5.32 Å². The fourth-order valence-electron chi connectivity index (χ4n) is 2.15. The van der Waals surface area contributed by atoms with E-state index in [0.29, 0.717) is 5.82 Å². The zero-order valence-electron chi connectivity index (χ0n) is 11.9. The van der Waals surface area contributed by atoms with E-state index in [0.717, 1.165) is 38.2 Å². The number of fused-ring (bicyclic) bond motifs is 1. The lowest BCUT2D eigenvalue weighted by atomic mass is 10.2. The molecule has 5 heteroatoms. The number of hydrogen-bond donors (Lipinski definition) is 1. The van der Waals surface area contributed by atoms with E-state index in [1.54, 1.807) is 0 Å². The summed E-state index contributed by atoms with van der Waals surface area (Å²) >= 11 is 2.27. The van der Waals surface area contributed by atoms with Gasteiger partial charge in [-0.25, -0.2) is 15.0 Å². The lowest BCUT2D eigenvalue weighted by Gasteiger charge is -2.10. The Balaban J connectivity index is 2.13. The van der Waals surface area contributed by atoms with Crippen LogP contribution in [0, 0.1) is 10.5 Å². The van der Waals surface area contributed by atoms with Crippen LogP contribution in [0.15, 0.2) is 36.4 Å². The van der Waals surface area contributed by atoms with Crippen LogP contribution in [-0.4, -0.2) is 21.5 Å². The monoisotopic (exact) mass is 390 g/mol. The highest BCUT2D eigenvalue weighted by molar-refractivity contribution is 14.1. The molecule has 1 aromatic carbocycles. The molecule has 0 fully saturated rings. The van der Waals surface area contributed by atoms with Gasteiger partial charge in [0.25, 0.3) is 0 Å². The van der Waals surface area contributed by atoms with Crippen molar-refractivity contribution < 1.29 is 0 Å². The summed E-state index contributed by atoms with van der Waals surface area (Å²) in [5, 5.41) is 4.40. The molecular formula is C16H15IN4. The van der Waals surface area contributed by atoms with Gasteiger partial charge in [0.15, 0.2) is 5.82 Å². The molecule has 3 rings (SSSR count). The number of halogens is 1. The van der Waals surface area contributed by atoms with E-state index >= 15 is 0 Å². The van der Waals surface area contributed by atoms with Crippen LogP contribution in [-0.2, 0) is 0 Å². The van der Waals surface area contributed by atoms with Crippen LogP contribution in [0.2, 0.25) is 0 Å². The summed E-state index contributed by atoms with van der Waals surface area (Å²) in [7, 11) is 0. The maximum absolute atomic E-state index is 4.66. The molecule has 0 atom stereocenters. The summed E-state index contributed by atoms with van der Waals surface area (Å²) in [4.78, 5) is 13.8. The highest BCUT2D eigenvalue weighted by Gasteiger charge is 2.11. The predicted molar refractivity (Wildman–Crippen MR) is 94.4 cm³/mol. The molecule has 0 bridgehead atoms. The van der Waals surface area contributed by atoms with Gasteiger partial charge in [0.2, 0.25) is 0 Å². The number of rotatable bonds is 3. The minimum Gasteiger partial charge on any atom is -0.369 e. The van der Waals surface area contributed by atoms with Crippen LogP contribution >= 0.6 is 22.6 Å². The van der Waals surface area contributed by atoms with Gasteiger partial charge in [0.05, 0.1) is 14.8 Å². The molecule has 0 unspecified atom stereocenters. The molecule has 2 aromatic heterocycles. The number of benzene rings is 1. The third-order valence-electron chi connectivity index (χ3n) is 3.19. The number of aryl methyl sites for hydroxylation is 1. The average Bonchev–Trinajstić information content (AvgIpc) is 2.51. The number of nitrogens with zero attached hydrogens (tertiary/aromatic N) is 3. The molecule has 0 saturated heterocycles. The average molecular weight is 390 g/mol. The molecule has 0 saturated carbocycles. The van der Waals surface area contributed by atoms with E-state index in [1.165, 1.54) is 0 Å². The Morgan fingerprint density at radius 1 is 1.05 bits per heavy atom. The number of pyridine rings is 1. The number of hydrogen-bond acceptors (Lipinski definition) is 4. The first-order valence-electron chi connectivity index (χ1n) is 6.83. The van der Waals surface area contributed by atoms with Crippen LogP contribution in [0.25, 0.3) is 22.4 Å². The van der Waals surface area contributed by atoms with Crippen molar-refractivity contribution >= 4 is 39.3 Å². The normalized spacial score (nSPS) is 10.8. The number of nitrogens with one attached hydrogen (secondary N) is 1. The smallest absolute Gasteiger partial charge is 0.180 e. The molecule has 3 aromatic rings. The zero-order valence-corrected chi connectivity index (χ0v) is 14.0. The van der Waals surface area contributed by atoms with Gasteiger partial charge in [-0.2, -0.15) is 0 Å². The molecule has 0 radical (unpaired) electrons. The second kappa shape index (κ2) is 5.93. The quantitative estimate of drug-likeness (QED) is 0.686. The fraction of sp³-hybridized carbons (Fsp3) is 0.188. The highest BCUT2D eigenvalue weighted by Crippen LogP contribution is 2.24. The van der Waals surface area contributed by atoms with Crippen molar-refractivity contribution in [1.82, 2.24) is 15.0 Å². The second-order valence-electron chi connectivity index (χ2n) is 4.71. The Morgan fingerprint density at radius 3 is 2.67 bits per heavy atom. The number of aromatic nitrogens is 3. The summed E-state index contributed by atoms with van der Waals surface area (Å²) in [6.45, 7) is 4.88. The fourth-order valence-corrected chi connectivity index (χ4v) is 2.58. The van der Waals surface area contributed by atoms with E-state index in [1.807, 2.05) is 31.2 Å². The van der Waals surface area contributed by atoms with Gasteiger partial charge in [-0.05, 0) is 48.6 Å². The van der Waals surface area contributed by atoms with Crippen molar-refractivity contribution in [2.45, 2.75) is 13.8 Å². The van der Waals surface area contributed by atoms with E-state index in [-0.39, 0.29) is 0 Å². The van der Waals surface area contributed by atoms with Gasteiger partial charge in [-0.3, -0.25) is 0 Å². The highest BCUT2D eigenvalue weighted by atomic mass is 127. The standard InChI is InChI=1S/C16H15IN4/c1-3-18-16-14(17)10(2)19-15(21-16)13-9-8-11-6-4-5-7-12(11)20-13/h4-9H,3H2,1-2H3,(H,18,19,21). The molecular weight excluding hydrogens is 375 g/mol. The molecule has 0 spiro atoms. The Morgan fingerprint density at radius 2 is 1.86 bits per heavy atom. The SMILES string of the molecule is CCNc1nc(-c2ccc3ccccc3n2)nc(C)c1I. The first-order valence-corrected chi connectivity index (χ1v) is 7.91. The lowest BCUT2D eigenvalue weighted by Crippen LogP contribution is -2.06. The summed E-state index contributed by atoms with van der Waals surface area (Å²) in [6, 6.07) is 12.1. The Hall–Kier alpha value is -1.76. The summed E-state index contributed by atoms with van der Waals surface area (Å²) in [6.07, 6.45) is 0. The van der Waals surface area contributed by atoms with Gasteiger partial charge in [-0.15, -0.1) is 0 Å². The van der Waals surface area contributed by atoms with E-state index in [4.69, 9.17) is 0 Å². The Labute approximate surface area is 137 Å². The summed E-state index contributed by atoms with van der Waals surface area (Å²) in [5.74, 6) is 1.53. The lowest BCUT2D eigenvalue weighted by molar-refractivity contribution is 1.05. The van der Waals surface area contributed by atoms with Gasteiger partial charge in [0, 0.05) is 11.9 Å². The molecule has 0 aliphatic rings. The van der Waals surface area contributed by atoms with Crippen LogP contribution in [0.3, 0.4) is 0 Å². The van der Waals surface area contributed by atoms with Crippen molar-refractivity contribution in [1.29, 1.82) is 0 Å². The molecule has 4 nitrogen and oxygen atoms in total. The Bertz CT molecular complexity index is 801. The first kappa shape index (κ1) is 14.2. The maximum atomic E-state index is 4.66. The Kier molecular flexibility index (Phi) is 4.01. The topological polar surface area (TPSA) is 50.7 Å². The van der Waals surface area contributed by atoms with Gasteiger partial charge in [-0.1, -0.05) is 24.3 Å². The molecule has 0 aliphatic carbocycles.